The molecule has 1 aliphatic heterocycles. The van der Waals surface area contributed by atoms with Crippen LogP contribution in [0.15, 0.2) is 77.8 Å². The van der Waals surface area contributed by atoms with Crippen molar-refractivity contribution < 1.29 is 13.2 Å². The molecular formula is C23H22N4O3S. The fourth-order valence-corrected chi connectivity index (χ4v) is 5.61. The second kappa shape index (κ2) is 7.79. The molecule has 1 fully saturated rings. The van der Waals surface area contributed by atoms with Gasteiger partial charge >= 0.3 is 0 Å². The van der Waals surface area contributed by atoms with Crippen LogP contribution in [0.4, 0.5) is 0 Å². The number of sulfonamides is 1. The van der Waals surface area contributed by atoms with Crippen LogP contribution < -0.4 is 4.74 Å². The number of methoxy groups -OCH3 is 1. The second-order valence-electron chi connectivity index (χ2n) is 7.50. The van der Waals surface area contributed by atoms with Crippen molar-refractivity contribution in [2.24, 2.45) is 0 Å². The Balaban J connectivity index is 1.54. The van der Waals surface area contributed by atoms with E-state index in [4.69, 9.17) is 9.72 Å². The molecule has 31 heavy (non-hydrogen) atoms. The van der Waals surface area contributed by atoms with E-state index in [-0.39, 0.29) is 6.04 Å². The van der Waals surface area contributed by atoms with Gasteiger partial charge in [-0.15, -0.1) is 0 Å². The van der Waals surface area contributed by atoms with Gasteiger partial charge in [-0.05, 0) is 55.0 Å². The molecule has 0 spiro atoms. The Bertz CT molecular complexity index is 1320. The lowest BCUT2D eigenvalue weighted by molar-refractivity contribution is 0.415. The molecule has 2 aromatic heterocycles. The maximum atomic E-state index is 13.1. The van der Waals surface area contributed by atoms with Crippen LogP contribution in [0.2, 0.25) is 0 Å². The standard InChI is InChI=1S/C23H22N4O3S/c1-30-19-11-9-17(10-12-19)22-25-21-8-5-14-24-23(21)27(22)18-13-15-26(16-18)31(28,29)20-6-3-2-4-7-20/h2-12,14,18H,13,15-16H2,1H3. The van der Waals surface area contributed by atoms with Gasteiger partial charge in [-0.1, -0.05) is 18.2 Å². The van der Waals surface area contributed by atoms with Crippen molar-refractivity contribution >= 4 is 21.2 Å². The summed E-state index contributed by atoms with van der Waals surface area (Å²) in [4.78, 5) is 9.70. The summed E-state index contributed by atoms with van der Waals surface area (Å²) < 4.78 is 35.1. The molecule has 5 rings (SSSR count). The van der Waals surface area contributed by atoms with E-state index in [1.165, 1.54) is 0 Å². The number of benzene rings is 2. The molecule has 0 bridgehead atoms. The predicted molar refractivity (Wildman–Crippen MR) is 118 cm³/mol. The predicted octanol–water partition coefficient (Wildman–Crippen LogP) is 3.74. The number of aromatic nitrogens is 3. The van der Waals surface area contributed by atoms with Crippen LogP contribution >= 0.6 is 0 Å². The van der Waals surface area contributed by atoms with E-state index in [0.717, 1.165) is 28.3 Å². The SMILES string of the molecule is COc1ccc(-c2nc3cccnc3n2C2CCN(S(=O)(=O)c3ccccc3)C2)cc1. The highest BCUT2D eigenvalue weighted by Crippen LogP contribution is 2.34. The van der Waals surface area contributed by atoms with Crippen LogP contribution in [0.3, 0.4) is 0 Å². The third kappa shape index (κ3) is 3.47. The van der Waals surface area contributed by atoms with Crippen LogP contribution in [-0.4, -0.2) is 47.5 Å². The Labute approximate surface area is 181 Å². The van der Waals surface area contributed by atoms with Crippen molar-refractivity contribution in [3.05, 3.63) is 72.9 Å². The Morgan fingerprint density at radius 2 is 1.77 bits per heavy atom. The molecule has 0 radical (unpaired) electrons. The molecule has 1 unspecified atom stereocenters. The van der Waals surface area contributed by atoms with Gasteiger partial charge in [-0.2, -0.15) is 4.31 Å². The van der Waals surface area contributed by atoms with Gasteiger partial charge in [0.15, 0.2) is 5.65 Å². The fourth-order valence-electron chi connectivity index (χ4n) is 4.10. The molecule has 7 nitrogen and oxygen atoms in total. The third-order valence-corrected chi connectivity index (χ3v) is 7.55. The highest BCUT2D eigenvalue weighted by atomic mass is 32.2. The minimum absolute atomic E-state index is 0.0597. The van der Waals surface area contributed by atoms with Crippen LogP contribution in [0.1, 0.15) is 12.5 Å². The first kappa shape index (κ1) is 19.7. The number of pyridine rings is 1. The quantitative estimate of drug-likeness (QED) is 0.478. The minimum atomic E-state index is -3.54. The van der Waals surface area contributed by atoms with Crippen LogP contribution in [-0.2, 0) is 10.0 Å². The number of fused-ring (bicyclic) bond motifs is 1. The van der Waals surface area contributed by atoms with Crippen molar-refractivity contribution in [3.63, 3.8) is 0 Å². The van der Waals surface area contributed by atoms with Gasteiger partial charge in [-0.3, -0.25) is 0 Å². The topological polar surface area (TPSA) is 77.3 Å². The molecule has 0 saturated carbocycles. The zero-order valence-electron chi connectivity index (χ0n) is 17.0. The number of hydrogen-bond acceptors (Lipinski definition) is 5. The molecule has 3 heterocycles. The Morgan fingerprint density at radius 3 is 2.52 bits per heavy atom. The fraction of sp³-hybridized carbons (Fsp3) is 0.217. The highest BCUT2D eigenvalue weighted by molar-refractivity contribution is 7.89. The Morgan fingerprint density at radius 1 is 1.00 bits per heavy atom. The lowest BCUT2D eigenvalue weighted by Gasteiger charge is -2.19. The first-order chi connectivity index (χ1) is 15.1. The molecule has 0 aliphatic carbocycles. The number of hydrogen-bond donors (Lipinski definition) is 0. The van der Waals surface area contributed by atoms with Crippen molar-refractivity contribution in [3.8, 4) is 17.1 Å². The summed E-state index contributed by atoms with van der Waals surface area (Å²) in [5.74, 6) is 1.55. The number of nitrogens with zero attached hydrogens (tertiary/aromatic N) is 4. The lowest BCUT2D eigenvalue weighted by Crippen LogP contribution is -2.29. The smallest absolute Gasteiger partial charge is 0.243 e. The normalized spacial score (nSPS) is 17.3. The maximum absolute atomic E-state index is 13.1. The van der Waals surface area contributed by atoms with Gasteiger partial charge in [0.1, 0.15) is 17.1 Å². The Kier molecular flexibility index (Phi) is 4.95. The number of imidazole rings is 1. The molecule has 158 valence electrons. The van der Waals surface area contributed by atoms with E-state index in [1.807, 2.05) is 42.5 Å². The van der Waals surface area contributed by atoms with Gasteiger partial charge in [-0.25, -0.2) is 18.4 Å². The van der Waals surface area contributed by atoms with Gasteiger partial charge in [0, 0.05) is 24.8 Å². The molecule has 1 saturated heterocycles. The van der Waals surface area contributed by atoms with Gasteiger partial charge in [0.25, 0.3) is 0 Å². The summed E-state index contributed by atoms with van der Waals surface area (Å²) in [6, 6.07) is 20.0. The van der Waals surface area contributed by atoms with Crippen LogP contribution in [0.25, 0.3) is 22.6 Å². The summed E-state index contributed by atoms with van der Waals surface area (Å²) in [6.45, 7) is 0.832. The highest BCUT2D eigenvalue weighted by Gasteiger charge is 2.35. The summed E-state index contributed by atoms with van der Waals surface area (Å²) in [5.41, 5.74) is 2.48. The second-order valence-corrected chi connectivity index (χ2v) is 9.44. The zero-order valence-corrected chi connectivity index (χ0v) is 17.9. The molecule has 0 N–H and O–H groups in total. The molecule has 0 amide bonds. The first-order valence-electron chi connectivity index (χ1n) is 10.1. The molecular weight excluding hydrogens is 412 g/mol. The van der Waals surface area contributed by atoms with E-state index in [1.54, 1.807) is 41.9 Å². The molecule has 2 aromatic carbocycles. The molecule has 8 heteroatoms. The van der Waals surface area contributed by atoms with Crippen LogP contribution in [0, 0.1) is 0 Å². The third-order valence-electron chi connectivity index (χ3n) is 5.67. The lowest BCUT2D eigenvalue weighted by atomic mass is 10.2. The largest absolute Gasteiger partial charge is 0.497 e. The van der Waals surface area contributed by atoms with Crippen LogP contribution in [0.5, 0.6) is 5.75 Å². The summed E-state index contributed by atoms with van der Waals surface area (Å²) in [6.07, 6.45) is 2.43. The molecule has 4 aromatic rings. The van der Waals surface area contributed by atoms with Gasteiger partial charge in [0.2, 0.25) is 10.0 Å². The summed E-state index contributed by atoms with van der Waals surface area (Å²) in [5, 5.41) is 0. The number of rotatable bonds is 5. The maximum Gasteiger partial charge on any atom is 0.243 e. The summed E-state index contributed by atoms with van der Waals surface area (Å²) >= 11 is 0. The van der Waals surface area contributed by atoms with Gasteiger partial charge < -0.3 is 9.30 Å². The first-order valence-corrected chi connectivity index (χ1v) is 11.5. The van der Waals surface area contributed by atoms with E-state index >= 15 is 0 Å². The molecule has 1 atom stereocenters. The van der Waals surface area contributed by atoms with E-state index in [2.05, 4.69) is 9.55 Å². The van der Waals surface area contributed by atoms with E-state index in [9.17, 15) is 8.42 Å². The molecule has 1 aliphatic rings. The summed E-state index contributed by atoms with van der Waals surface area (Å²) in [7, 11) is -1.91. The average molecular weight is 435 g/mol. The Hall–Kier alpha value is -3.23. The monoisotopic (exact) mass is 434 g/mol. The average Bonchev–Trinajstić information content (AvgIpc) is 3.45. The van der Waals surface area contributed by atoms with E-state index < -0.39 is 10.0 Å². The zero-order chi connectivity index (χ0) is 21.4. The minimum Gasteiger partial charge on any atom is -0.497 e. The van der Waals surface area contributed by atoms with Crippen molar-refractivity contribution in [2.75, 3.05) is 20.2 Å². The van der Waals surface area contributed by atoms with E-state index in [0.29, 0.717) is 24.4 Å². The van der Waals surface area contributed by atoms with Crippen molar-refractivity contribution in [2.45, 2.75) is 17.4 Å². The van der Waals surface area contributed by atoms with Crippen molar-refractivity contribution in [1.29, 1.82) is 0 Å². The number of ether oxygens (including phenoxy) is 1. The van der Waals surface area contributed by atoms with Gasteiger partial charge in [0.05, 0.1) is 18.0 Å². The van der Waals surface area contributed by atoms with Crippen molar-refractivity contribution in [1.82, 2.24) is 18.8 Å².